The summed E-state index contributed by atoms with van der Waals surface area (Å²) in [6, 6.07) is 5.86. The van der Waals surface area contributed by atoms with Crippen molar-refractivity contribution in [2.24, 2.45) is 0 Å². The zero-order chi connectivity index (χ0) is 24.3. The van der Waals surface area contributed by atoms with E-state index in [1.165, 1.54) is 38.5 Å². The predicted octanol–water partition coefficient (Wildman–Crippen LogP) is -0.136. The van der Waals surface area contributed by atoms with Gasteiger partial charge in [0.1, 0.15) is 36.8 Å². The predicted molar refractivity (Wildman–Crippen MR) is 109 cm³/mol. The van der Waals surface area contributed by atoms with Crippen molar-refractivity contribution >= 4 is 5.97 Å². The summed E-state index contributed by atoms with van der Waals surface area (Å²) in [6.45, 7) is -0.545. The highest BCUT2D eigenvalue weighted by Crippen LogP contribution is 2.37. The number of hydrogen-bond acceptors (Lipinski definition) is 12. The molecule has 0 aromatic heterocycles. The Morgan fingerprint density at radius 1 is 0.909 bits per heavy atom. The van der Waals surface area contributed by atoms with Crippen molar-refractivity contribution in [1.29, 1.82) is 0 Å². The molecule has 1 aliphatic heterocycles. The Bertz CT molecular complexity index is 968. The second-order valence-electron chi connectivity index (χ2n) is 7.11. The molecule has 6 N–H and O–H groups in total. The highest BCUT2D eigenvalue weighted by atomic mass is 16.7. The van der Waals surface area contributed by atoms with E-state index in [2.05, 4.69) is 0 Å². The van der Waals surface area contributed by atoms with E-state index in [4.69, 9.17) is 23.7 Å². The van der Waals surface area contributed by atoms with Crippen LogP contribution in [0.1, 0.15) is 10.4 Å². The fourth-order valence-electron chi connectivity index (χ4n) is 3.13. The van der Waals surface area contributed by atoms with Gasteiger partial charge in [-0.3, -0.25) is 0 Å². The molecule has 12 nitrogen and oxygen atoms in total. The lowest BCUT2D eigenvalue weighted by Crippen LogP contribution is -2.60. The second kappa shape index (κ2) is 10.0. The van der Waals surface area contributed by atoms with Crippen molar-refractivity contribution in [2.45, 2.75) is 30.7 Å². The van der Waals surface area contributed by atoms with Gasteiger partial charge in [0.15, 0.2) is 23.0 Å². The van der Waals surface area contributed by atoms with Crippen LogP contribution in [0, 0.1) is 0 Å². The second-order valence-corrected chi connectivity index (χ2v) is 7.11. The van der Waals surface area contributed by atoms with Gasteiger partial charge >= 0.3 is 5.97 Å². The van der Waals surface area contributed by atoms with Crippen LogP contribution in [-0.4, -0.2) is 88.1 Å². The highest BCUT2D eigenvalue weighted by molar-refractivity contribution is 5.91. The van der Waals surface area contributed by atoms with E-state index in [9.17, 15) is 35.4 Å². The van der Waals surface area contributed by atoms with Crippen molar-refractivity contribution in [1.82, 2.24) is 0 Å². The number of phenolic OH excluding ortho intramolecular Hbond substituents is 3. The summed E-state index contributed by atoms with van der Waals surface area (Å²) in [5.41, 5.74) is -0.0332. The maximum absolute atomic E-state index is 12.5. The van der Waals surface area contributed by atoms with Crippen molar-refractivity contribution in [3.8, 4) is 34.5 Å². The van der Waals surface area contributed by atoms with E-state index in [1.54, 1.807) is 0 Å². The van der Waals surface area contributed by atoms with Crippen molar-refractivity contribution in [3.63, 3.8) is 0 Å². The number of rotatable bonds is 7. The highest BCUT2D eigenvalue weighted by Gasteiger charge is 2.45. The molecule has 0 saturated carbocycles. The number of carbonyl (C=O) groups is 1. The molecule has 180 valence electrons. The van der Waals surface area contributed by atoms with E-state index in [0.29, 0.717) is 0 Å². The monoisotopic (exact) mass is 468 g/mol. The number of methoxy groups -OCH3 is 2. The number of phenols is 3. The van der Waals surface area contributed by atoms with Crippen LogP contribution in [0.4, 0.5) is 0 Å². The Kier molecular flexibility index (Phi) is 7.33. The SMILES string of the molecule is COc1cc(C(=O)OCC2OC(Oc3ccc(O)cc3O)C(O)C(O)C2O)cc(OC)c1O. The van der Waals surface area contributed by atoms with Crippen LogP contribution >= 0.6 is 0 Å². The number of ether oxygens (including phenoxy) is 5. The van der Waals surface area contributed by atoms with Crippen LogP contribution in [0.3, 0.4) is 0 Å². The minimum atomic E-state index is -1.72. The van der Waals surface area contributed by atoms with Gasteiger partial charge in [-0.2, -0.15) is 0 Å². The first kappa shape index (κ1) is 24.2. The molecule has 0 bridgehead atoms. The molecule has 5 unspecified atom stereocenters. The molecule has 1 fully saturated rings. The van der Waals surface area contributed by atoms with Crippen LogP contribution in [-0.2, 0) is 9.47 Å². The van der Waals surface area contributed by atoms with E-state index >= 15 is 0 Å². The Labute approximate surface area is 187 Å². The average molecular weight is 468 g/mol. The maximum atomic E-state index is 12.5. The normalized spacial score (nSPS) is 24.7. The zero-order valence-electron chi connectivity index (χ0n) is 17.6. The van der Waals surface area contributed by atoms with Gasteiger partial charge in [-0.1, -0.05) is 0 Å². The third-order valence-electron chi connectivity index (χ3n) is 4.95. The molecule has 3 rings (SSSR count). The fraction of sp³-hybridized carbons (Fsp3) is 0.381. The van der Waals surface area contributed by atoms with Crippen molar-refractivity contribution < 1.29 is 59.1 Å². The van der Waals surface area contributed by atoms with Crippen LogP contribution in [0.2, 0.25) is 0 Å². The largest absolute Gasteiger partial charge is 0.508 e. The molecule has 5 atom stereocenters. The number of hydrogen-bond donors (Lipinski definition) is 6. The molecule has 1 heterocycles. The average Bonchev–Trinajstić information content (AvgIpc) is 2.80. The lowest BCUT2D eigenvalue weighted by atomic mass is 9.99. The van der Waals surface area contributed by atoms with Crippen molar-refractivity contribution in [3.05, 3.63) is 35.9 Å². The van der Waals surface area contributed by atoms with Gasteiger partial charge in [0, 0.05) is 6.07 Å². The molecule has 1 saturated heterocycles. The first-order valence-electron chi connectivity index (χ1n) is 9.66. The van der Waals surface area contributed by atoms with Gasteiger partial charge in [-0.25, -0.2) is 4.79 Å². The summed E-state index contributed by atoms with van der Waals surface area (Å²) in [6.07, 6.45) is -7.91. The third-order valence-corrected chi connectivity index (χ3v) is 4.95. The molecule has 2 aromatic rings. The number of aromatic hydroxyl groups is 3. The molecule has 12 heteroatoms. The van der Waals surface area contributed by atoms with Crippen LogP contribution in [0.25, 0.3) is 0 Å². The minimum absolute atomic E-state index is 0.0315. The number of aliphatic hydroxyl groups is 3. The number of carbonyl (C=O) groups excluding carboxylic acids is 1. The zero-order valence-corrected chi connectivity index (χ0v) is 17.6. The fourth-order valence-corrected chi connectivity index (χ4v) is 3.13. The quantitative estimate of drug-likeness (QED) is 0.296. The first-order valence-corrected chi connectivity index (χ1v) is 9.66. The van der Waals surface area contributed by atoms with Crippen LogP contribution in [0.5, 0.6) is 34.5 Å². The van der Waals surface area contributed by atoms with Gasteiger partial charge < -0.3 is 54.3 Å². The van der Waals surface area contributed by atoms with Crippen LogP contribution in [0.15, 0.2) is 30.3 Å². The maximum Gasteiger partial charge on any atom is 0.338 e. The Morgan fingerprint density at radius 3 is 2.12 bits per heavy atom. The van der Waals surface area contributed by atoms with Crippen LogP contribution < -0.4 is 14.2 Å². The van der Waals surface area contributed by atoms with Crippen molar-refractivity contribution in [2.75, 3.05) is 20.8 Å². The molecule has 2 aromatic carbocycles. The van der Waals surface area contributed by atoms with E-state index in [1.807, 2.05) is 0 Å². The summed E-state index contributed by atoms with van der Waals surface area (Å²) in [4.78, 5) is 12.5. The minimum Gasteiger partial charge on any atom is -0.508 e. The summed E-state index contributed by atoms with van der Waals surface area (Å²) in [5.74, 6) is -2.10. The molecule has 0 aliphatic carbocycles. The summed E-state index contributed by atoms with van der Waals surface area (Å²) in [7, 11) is 2.57. The van der Waals surface area contributed by atoms with E-state index in [0.717, 1.165) is 6.07 Å². The van der Waals surface area contributed by atoms with Gasteiger partial charge in [0.2, 0.25) is 12.0 Å². The Balaban J connectivity index is 1.71. The first-order chi connectivity index (χ1) is 15.7. The molecule has 33 heavy (non-hydrogen) atoms. The molecule has 1 aliphatic rings. The number of benzene rings is 2. The lowest BCUT2D eigenvalue weighted by Gasteiger charge is -2.39. The van der Waals surface area contributed by atoms with Gasteiger partial charge in [-0.05, 0) is 24.3 Å². The lowest BCUT2D eigenvalue weighted by molar-refractivity contribution is -0.277. The smallest absolute Gasteiger partial charge is 0.338 e. The van der Waals surface area contributed by atoms with E-state index < -0.39 is 49.0 Å². The summed E-state index contributed by atoms with van der Waals surface area (Å²) >= 11 is 0. The van der Waals surface area contributed by atoms with E-state index in [-0.39, 0.29) is 34.3 Å². The topological polar surface area (TPSA) is 185 Å². The Hall–Kier alpha value is -3.45. The standard InChI is InChI=1S/C21H24O12/c1-29-13-5-9(6-14(30-2)16(13)24)20(28)31-8-15-17(25)18(26)19(27)21(33-15)32-12-4-3-10(22)7-11(12)23/h3-7,15,17-19,21-27H,8H2,1-2H3. The third kappa shape index (κ3) is 5.14. The molecular weight excluding hydrogens is 444 g/mol. The Morgan fingerprint density at radius 2 is 1.55 bits per heavy atom. The van der Waals surface area contributed by atoms with Gasteiger partial charge in [-0.15, -0.1) is 0 Å². The number of aliphatic hydroxyl groups excluding tert-OH is 3. The van der Waals surface area contributed by atoms with Gasteiger partial charge in [0.25, 0.3) is 0 Å². The summed E-state index contributed by atoms with van der Waals surface area (Å²) < 4.78 is 25.9. The molecular formula is C21H24O12. The summed E-state index contributed by atoms with van der Waals surface area (Å²) in [5, 5.41) is 59.7. The number of esters is 1. The van der Waals surface area contributed by atoms with Gasteiger partial charge in [0.05, 0.1) is 19.8 Å². The molecule has 0 spiro atoms. The molecule has 0 radical (unpaired) electrons. The molecule has 0 amide bonds.